The van der Waals surface area contributed by atoms with Gasteiger partial charge in [-0.2, -0.15) is 10.1 Å². The van der Waals surface area contributed by atoms with Crippen molar-refractivity contribution in [3.63, 3.8) is 0 Å². The second-order valence-corrected chi connectivity index (χ2v) is 8.86. The average molecular weight is 514 g/mol. The monoisotopic (exact) mass is 513 g/mol. The zero-order valence-corrected chi connectivity index (χ0v) is 19.7. The summed E-state index contributed by atoms with van der Waals surface area (Å²) in [4.78, 5) is 54.3. The highest BCUT2D eigenvalue weighted by Gasteiger charge is 2.63. The fourth-order valence-electron chi connectivity index (χ4n) is 4.27. The Morgan fingerprint density at radius 3 is 2.42 bits per heavy atom. The van der Waals surface area contributed by atoms with E-state index in [4.69, 9.17) is 0 Å². The highest BCUT2D eigenvalue weighted by Crippen LogP contribution is 2.44. The lowest BCUT2D eigenvalue weighted by atomic mass is 9.72. The second kappa shape index (κ2) is 8.62. The van der Waals surface area contributed by atoms with Crippen molar-refractivity contribution in [1.29, 1.82) is 0 Å². The first-order chi connectivity index (χ1) is 15.7. The van der Waals surface area contributed by atoms with Crippen LogP contribution in [0, 0.1) is 5.82 Å². The molecular formula is C24H21BrFN3O4. The third kappa shape index (κ3) is 3.60. The van der Waals surface area contributed by atoms with E-state index in [1.54, 1.807) is 18.2 Å². The van der Waals surface area contributed by atoms with Crippen molar-refractivity contribution in [2.45, 2.75) is 45.1 Å². The normalized spacial score (nSPS) is 20.0. The summed E-state index contributed by atoms with van der Waals surface area (Å²) in [6.07, 6.45) is 0.635. The van der Waals surface area contributed by atoms with Crippen LogP contribution in [0.3, 0.4) is 0 Å². The molecule has 9 heteroatoms. The molecule has 0 aliphatic carbocycles. The van der Waals surface area contributed by atoms with Gasteiger partial charge in [0, 0.05) is 21.3 Å². The number of imide groups is 2. The van der Waals surface area contributed by atoms with Crippen LogP contribution in [0.1, 0.15) is 54.6 Å². The Balaban J connectivity index is 1.84. The third-order valence-electron chi connectivity index (χ3n) is 6.08. The van der Waals surface area contributed by atoms with Crippen molar-refractivity contribution in [2.75, 3.05) is 0 Å². The molecule has 170 valence electrons. The maximum absolute atomic E-state index is 14.5. The van der Waals surface area contributed by atoms with E-state index >= 15 is 0 Å². The summed E-state index contributed by atoms with van der Waals surface area (Å²) in [5.74, 6) is -3.51. The van der Waals surface area contributed by atoms with Gasteiger partial charge in [0.2, 0.25) is 0 Å². The van der Waals surface area contributed by atoms with Gasteiger partial charge in [0.25, 0.3) is 23.6 Å². The van der Waals surface area contributed by atoms with E-state index in [-0.39, 0.29) is 23.2 Å². The standard InChI is InChI=1S/C24H21BrFN3O4/c1-3-16(4-2)27-29-20(30)12-24(23(29)33)18-8-6-5-7-17(18)21(31)28(22(24)32)13-14-9-10-15(25)11-19(14)26/h5-11H,3-4,12-13H2,1-2H3. The van der Waals surface area contributed by atoms with Crippen LogP contribution in [0.25, 0.3) is 0 Å². The van der Waals surface area contributed by atoms with E-state index in [1.807, 2.05) is 13.8 Å². The number of rotatable bonds is 5. The fourth-order valence-corrected chi connectivity index (χ4v) is 4.60. The van der Waals surface area contributed by atoms with Crippen LogP contribution in [-0.2, 0) is 26.3 Å². The van der Waals surface area contributed by atoms with Crippen LogP contribution in [0.2, 0.25) is 0 Å². The SMILES string of the molecule is CCC(CC)=NN1C(=O)CC2(C(=O)N(Cc3ccc(Br)cc3F)C(=O)c3ccccc32)C1=O. The smallest absolute Gasteiger partial charge is 0.270 e. The Labute approximate surface area is 198 Å². The van der Waals surface area contributed by atoms with Gasteiger partial charge in [0.05, 0.1) is 13.0 Å². The van der Waals surface area contributed by atoms with Crippen LogP contribution in [0.5, 0.6) is 0 Å². The number of carbonyl (C=O) groups is 4. The Hall–Kier alpha value is -3.20. The first kappa shape index (κ1) is 23.0. The molecule has 1 fully saturated rings. The highest BCUT2D eigenvalue weighted by molar-refractivity contribution is 9.10. The maximum atomic E-state index is 14.5. The number of halogens is 2. The van der Waals surface area contributed by atoms with Gasteiger partial charge in [-0.1, -0.05) is 54.0 Å². The van der Waals surface area contributed by atoms with Crippen LogP contribution >= 0.6 is 15.9 Å². The number of hydrogen-bond donors (Lipinski definition) is 0. The van der Waals surface area contributed by atoms with Gasteiger partial charge in [-0.3, -0.25) is 24.1 Å². The van der Waals surface area contributed by atoms with E-state index in [9.17, 15) is 23.6 Å². The summed E-state index contributed by atoms with van der Waals surface area (Å²) in [6.45, 7) is 3.35. The van der Waals surface area contributed by atoms with Gasteiger partial charge < -0.3 is 0 Å². The summed E-state index contributed by atoms with van der Waals surface area (Å²) in [6, 6.07) is 10.5. The molecular weight excluding hydrogens is 493 g/mol. The molecule has 2 aromatic carbocycles. The minimum atomic E-state index is -1.91. The average Bonchev–Trinajstić information content (AvgIpc) is 3.05. The van der Waals surface area contributed by atoms with E-state index in [0.717, 1.165) is 9.91 Å². The van der Waals surface area contributed by atoms with E-state index < -0.39 is 41.3 Å². The van der Waals surface area contributed by atoms with Gasteiger partial charge >= 0.3 is 0 Å². The molecule has 0 aromatic heterocycles. The molecule has 1 saturated heterocycles. The van der Waals surface area contributed by atoms with E-state index in [0.29, 0.717) is 23.0 Å². The van der Waals surface area contributed by atoms with Crippen LogP contribution in [0.4, 0.5) is 4.39 Å². The highest BCUT2D eigenvalue weighted by atomic mass is 79.9. The zero-order chi connectivity index (χ0) is 23.9. The first-order valence-corrected chi connectivity index (χ1v) is 11.4. The molecule has 1 atom stereocenters. The summed E-state index contributed by atoms with van der Waals surface area (Å²) in [5, 5.41) is 4.97. The Bertz CT molecular complexity index is 1220. The minimum Gasteiger partial charge on any atom is -0.273 e. The molecule has 4 rings (SSSR count). The number of carbonyl (C=O) groups excluding carboxylic acids is 4. The van der Waals surface area contributed by atoms with Crippen molar-refractivity contribution < 1.29 is 23.6 Å². The summed E-state index contributed by atoms with van der Waals surface area (Å²) in [5.41, 5.74) is -0.856. The number of fused-ring (bicyclic) bond motifs is 2. The van der Waals surface area contributed by atoms with Crippen LogP contribution in [-0.4, -0.2) is 39.2 Å². The zero-order valence-electron chi connectivity index (χ0n) is 18.1. The van der Waals surface area contributed by atoms with Crippen molar-refractivity contribution in [3.8, 4) is 0 Å². The third-order valence-corrected chi connectivity index (χ3v) is 6.58. The molecule has 2 aliphatic rings. The second-order valence-electron chi connectivity index (χ2n) is 7.94. The molecule has 2 aliphatic heterocycles. The molecule has 1 spiro atoms. The largest absolute Gasteiger partial charge is 0.273 e. The Kier molecular flexibility index (Phi) is 6.00. The van der Waals surface area contributed by atoms with Gasteiger partial charge in [-0.05, 0) is 36.6 Å². The number of hydrazone groups is 1. The van der Waals surface area contributed by atoms with Crippen LogP contribution < -0.4 is 0 Å². The van der Waals surface area contributed by atoms with Crippen molar-refractivity contribution >= 4 is 45.3 Å². The lowest BCUT2D eigenvalue weighted by molar-refractivity contribution is -0.146. The molecule has 0 saturated carbocycles. The number of hydrogen-bond acceptors (Lipinski definition) is 5. The van der Waals surface area contributed by atoms with Crippen molar-refractivity contribution in [2.24, 2.45) is 5.10 Å². The number of benzene rings is 2. The fraction of sp³-hybridized carbons (Fsp3) is 0.292. The molecule has 4 amide bonds. The summed E-state index contributed by atoms with van der Waals surface area (Å²) >= 11 is 3.18. The lowest BCUT2D eigenvalue weighted by Gasteiger charge is -2.37. The number of nitrogens with zero attached hydrogens (tertiary/aromatic N) is 3. The van der Waals surface area contributed by atoms with Crippen LogP contribution in [0.15, 0.2) is 52.0 Å². The quantitative estimate of drug-likeness (QED) is 0.344. The maximum Gasteiger partial charge on any atom is 0.270 e. The van der Waals surface area contributed by atoms with E-state index in [1.165, 1.54) is 24.3 Å². The Morgan fingerprint density at radius 1 is 1.06 bits per heavy atom. The van der Waals surface area contributed by atoms with Crippen molar-refractivity contribution in [1.82, 2.24) is 9.91 Å². The predicted molar refractivity (Wildman–Crippen MR) is 122 cm³/mol. The predicted octanol–water partition coefficient (Wildman–Crippen LogP) is 3.94. The first-order valence-electron chi connectivity index (χ1n) is 10.6. The minimum absolute atomic E-state index is 0.111. The van der Waals surface area contributed by atoms with E-state index in [2.05, 4.69) is 21.0 Å². The van der Waals surface area contributed by atoms with Gasteiger partial charge in [0.15, 0.2) is 5.41 Å². The molecule has 33 heavy (non-hydrogen) atoms. The molecule has 1 unspecified atom stereocenters. The van der Waals surface area contributed by atoms with Gasteiger partial charge in [-0.25, -0.2) is 4.39 Å². The molecule has 2 aromatic rings. The summed E-state index contributed by atoms with van der Waals surface area (Å²) in [7, 11) is 0. The topological polar surface area (TPSA) is 87.1 Å². The molecule has 2 heterocycles. The van der Waals surface area contributed by atoms with Crippen molar-refractivity contribution in [3.05, 3.63) is 69.4 Å². The molecule has 0 N–H and O–H groups in total. The lowest BCUT2D eigenvalue weighted by Crippen LogP contribution is -2.57. The summed E-state index contributed by atoms with van der Waals surface area (Å²) < 4.78 is 15.0. The molecule has 0 bridgehead atoms. The molecule has 7 nitrogen and oxygen atoms in total. The molecule has 0 radical (unpaired) electrons. The van der Waals surface area contributed by atoms with Gasteiger partial charge in [-0.15, -0.1) is 0 Å². The Morgan fingerprint density at radius 2 is 1.76 bits per heavy atom. The number of amides is 4. The van der Waals surface area contributed by atoms with Gasteiger partial charge in [0.1, 0.15) is 5.82 Å².